The topological polar surface area (TPSA) is 30.7 Å². The van der Waals surface area contributed by atoms with E-state index in [1.54, 1.807) is 6.33 Å². The largest absolute Gasteiger partial charge is 0.245 e. The molecule has 3 heteroatoms. The van der Waals surface area contributed by atoms with Crippen molar-refractivity contribution in [3.05, 3.63) is 12.2 Å². The van der Waals surface area contributed by atoms with Gasteiger partial charge in [0.05, 0.1) is 5.54 Å². The first-order chi connectivity index (χ1) is 5.43. The molecule has 0 radical (unpaired) electrons. The van der Waals surface area contributed by atoms with E-state index in [2.05, 4.69) is 44.7 Å². The molecule has 0 atom stereocenters. The summed E-state index contributed by atoms with van der Waals surface area (Å²) in [6, 6.07) is 0. The summed E-state index contributed by atoms with van der Waals surface area (Å²) in [5.41, 5.74) is 0.0378. The van der Waals surface area contributed by atoms with E-state index < -0.39 is 0 Å². The van der Waals surface area contributed by atoms with E-state index >= 15 is 0 Å². The molecule has 0 aromatic carbocycles. The second kappa shape index (κ2) is 2.88. The average molecular weight is 167 g/mol. The first-order valence-electron chi connectivity index (χ1n) is 4.33. The van der Waals surface area contributed by atoms with Crippen molar-refractivity contribution in [1.82, 2.24) is 14.8 Å². The Balaban J connectivity index is 3.08. The van der Waals surface area contributed by atoms with Crippen molar-refractivity contribution in [2.45, 2.75) is 46.1 Å². The van der Waals surface area contributed by atoms with E-state index in [1.165, 1.54) is 0 Å². The highest BCUT2D eigenvalue weighted by Crippen LogP contribution is 2.18. The SMILES string of the molecule is CC(C)c1ncnn1C(C)(C)C. The first kappa shape index (κ1) is 9.23. The third-order valence-corrected chi connectivity index (χ3v) is 1.73. The van der Waals surface area contributed by atoms with Gasteiger partial charge in [0.15, 0.2) is 0 Å². The molecule has 0 fully saturated rings. The lowest BCUT2D eigenvalue weighted by atomic mass is 10.1. The van der Waals surface area contributed by atoms with E-state index in [1.807, 2.05) is 4.68 Å². The summed E-state index contributed by atoms with van der Waals surface area (Å²) in [6.45, 7) is 10.7. The third kappa shape index (κ3) is 1.65. The van der Waals surface area contributed by atoms with Gasteiger partial charge in [-0.1, -0.05) is 13.8 Å². The van der Waals surface area contributed by atoms with Gasteiger partial charge in [0.1, 0.15) is 12.2 Å². The number of hydrogen-bond acceptors (Lipinski definition) is 2. The molecule has 0 unspecified atom stereocenters. The van der Waals surface area contributed by atoms with Gasteiger partial charge < -0.3 is 0 Å². The number of hydrogen-bond donors (Lipinski definition) is 0. The second-order valence-corrected chi connectivity index (χ2v) is 4.36. The quantitative estimate of drug-likeness (QED) is 0.641. The zero-order valence-corrected chi connectivity index (χ0v) is 8.50. The van der Waals surface area contributed by atoms with E-state index in [4.69, 9.17) is 0 Å². The Kier molecular flexibility index (Phi) is 2.22. The van der Waals surface area contributed by atoms with Gasteiger partial charge in [-0.05, 0) is 20.8 Å². The molecule has 0 aliphatic carbocycles. The average Bonchev–Trinajstić information content (AvgIpc) is 2.30. The zero-order chi connectivity index (χ0) is 9.35. The summed E-state index contributed by atoms with van der Waals surface area (Å²) < 4.78 is 1.98. The molecule has 0 bridgehead atoms. The molecular formula is C9H17N3. The molecule has 0 aliphatic heterocycles. The van der Waals surface area contributed by atoms with E-state index in [0.717, 1.165) is 5.82 Å². The number of rotatable bonds is 1. The minimum atomic E-state index is 0.0378. The van der Waals surface area contributed by atoms with Crippen LogP contribution >= 0.6 is 0 Å². The van der Waals surface area contributed by atoms with E-state index in [-0.39, 0.29) is 5.54 Å². The molecule has 68 valence electrons. The molecule has 1 rings (SSSR count). The molecule has 0 N–H and O–H groups in total. The Morgan fingerprint density at radius 1 is 1.33 bits per heavy atom. The minimum Gasteiger partial charge on any atom is -0.245 e. The third-order valence-electron chi connectivity index (χ3n) is 1.73. The molecule has 3 nitrogen and oxygen atoms in total. The van der Waals surface area contributed by atoms with Gasteiger partial charge >= 0.3 is 0 Å². The number of aromatic nitrogens is 3. The van der Waals surface area contributed by atoms with Crippen LogP contribution in [0.2, 0.25) is 0 Å². The van der Waals surface area contributed by atoms with Gasteiger partial charge in [0.2, 0.25) is 0 Å². The van der Waals surface area contributed by atoms with Crippen LogP contribution < -0.4 is 0 Å². The molecule has 0 amide bonds. The van der Waals surface area contributed by atoms with Crippen LogP contribution in [0.5, 0.6) is 0 Å². The summed E-state index contributed by atoms with van der Waals surface area (Å²) in [4.78, 5) is 4.23. The lowest BCUT2D eigenvalue weighted by molar-refractivity contribution is 0.336. The maximum absolute atomic E-state index is 4.23. The van der Waals surface area contributed by atoms with Crippen LogP contribution in [0.1, 0.15) is 46.4 Å². The highest BCUT2D eigenvalue weighted by molar-refractivity contribution is 4.95. The monoisotopic (exact) mass is 167 g/mol. The Morgan fingerprint density at radius 3 is 2.25 bits per heavy atom. The molecule has 0 spiro atoms. The molecule has 0 saturated carbocycles. The van der Waals surface area contributed by atoms with Crippen molar-refractivity contribution >= 4 is 0 Å². The van der Waals surface area contributed by atoms with Crippen LogP contribution in [0.15, 0.2) is 6.33 Å². The van der Waals surface area contributed by atoms with Gasteiger partial charge in [-0.3, -0.25) is 0 Å². The fourth-order valence-electron chi connectivity index (χ4n) is 1.16. The van der Waals surface area contributed by atoms with Crippen LogP contribution in [0.25, 0.3) is 0 Å². The smallest absolute Gasteiger partial charge is 0.138 e. The minimum absolute atomic E-state index is 0.0378. The normalized spacial score (nSPS) is 12.5. The van der Waals surface area contributed by atoms with Gasteiger partial charge in [-0.15, -0.1) is 0 Å². The van der Waals surface area contributed by atoms with Gasteiger partial charge in [-0.2, -0.15) is 5.10 Å². The van der Waals surface area contributed by atoms with Crippen molar-refractivity contribution in [3.63, 3.8) is 0 Å². The molecule has 1 aromatic heterocycles. The summed E-state index contributed by atoms with van der Waals surface area (Å²) >= 11 is 0. The summed E-state index contributed by atoms with van der Waals surface area (Å²) in [7, 11) is 0. The Hall–Kier alpha value is -0.860. The lowest BCUT2D eigenvalue weighted by Gasteiger charge is -2.22. The molecule has 0 aliphatic rings. The van der Waals surface area contributed by atoms with Crippen molar-refractivity contribution in [2.75, 3.05) is 0 Å². The maximum Gasteiger partial charge on any atom is 0.138 e. The Labute approximate surface area is 73.8 Å². The predicted molar refractivity (Wildman–Crippen MR) is 49.1 cm³/mol. The standard InChI is InChI=1S/C9H17N3/c1-7(2)8-10-6-11-12(8)9(3,4)5/h6-7H,1-5H3. The van der Waals surface area contributed by atoms with Gasteiger partial charge in [0, 0.05) is 5.92 Å². The molecule has 12 heavy (non-hydrogen) atoms. The highest BCUT2D eigenvalue weighted by atomic mass is 15.4. The van der Waals surface area contributed by atoms with Crippen molar-refractivity contribution in [1.29, 1.82) is 0 Å². The van der Waals surface area contributed by atoms with Gasteiger partial charge in [0.25, 0.3) is 0 Å². The maximum atomic E-state index is 4.23. The van der Waals surface area contributed by atoms with Crippen molar-refractivity contribution in [2.24, 2.45) is 0 Å². The van der Waals surface area contributed by atoms with Crippen LogP contribution in [0.4, 0.5) is 0 Å². The first-order valence-corrected chi connectivity index (χ1v) is 4.33. The Bertz CT molecular complexity index is 255. The van der Waals surface area contributed by atoms with Crippen LogP contribution in [-0.4, -0.2) is 14.8 Å². The van der Waals surface area contributed by atoms with Crippen molar-refractivity contribution < 1.29 is 0 Å². The molecule has 0 saturated heterocycles. The van der Waals surface area contributed by atoms with Crippen molar-refractivity contribution in [3.8, 4) is 0 Å². The van der Waals surface area contributed by atoms with E-state index in [0.29, 0.717) is 5.92 Å². The molecular weight excluding hydrogens is 150 g/mol. The summed E-state index contributed by atoms with van der Waals surface area (Å²) in [6.07, 6.45) is 1.63. The fourth-order valence-corrected chi connectivity index (χ4v) is 1.16. The second-order valence-electron chi connectivity index (χ2n) is 4.36. The van der Waals surface area contributed by atoms with Gasteiger partial charge in [-0.25, -0.2) is 9.67 Å². The van der Waals surface area contributed by atoms with Crippen LogP contribution in [-0.2, 0) is 5.54 Å². The Morgan fingerprint density at radius 2 is 1.92 bits per heavy atom. The fraction of sp³-hybridized carbons (Fsp3) is 0.778. The zero-order valence-electron chi connectivity index (χ0n) is 8.50. The summed E-state index contributed by atoms with van der Waals surface area (Å²) in [5, 5.41) is 4.21. The van der Waals surface area contributed by atoms with Crippen LogP contribution in [0, 0.1) is 0 Å². The highest BCUT2D eigenvalue weighted by Gasteiger charge is 2.19. The lowest BCUT2D eigenvalue weighted by Crippen LogP contribution is -2.26. The molecule has 1 aromatic rings. The number of nitrogens with zero attached hydrogens (tertiary/aromatic N) is 3. The van der Waals surface area contributed by atoms with E-state index in [9.17, 15) is 0 Å². The molecule has 1 heterocycles. The summed E-state index contributed by atoms with van der Waals surface area (Å²) in [5.74, 6) is 1.49. The van der Waals surface area contributed by atoms with Crippen LogP contribution in [0.3, 0.4) is 0 Å². The predicted octanol–water partition coefficient (Wildman–Crippen LogP) is 2.16.